The molecular weight excluding hydrogens is 445 g/mol. The van der Waals surface area contributed by atoms with Crippen LogP contribution in [-0.2, 0) is 9.53 Å². The number of halogens is 1. The van der Waals surface area contributed by atoms with E-state index in [2.05, 4.69) is 33.0 Å². The summed E-state index contributed by atoms with van der Waals surface area (Å²) >= 11 is 2.16. The zero-order chi connectivity index (χ0) is 18.5. The largest absolute Gasteiger partial charge is 0.452 e. The summed E-state index contributed by atoms with van der Waals surface area (Å²) in [6.07, 6.45) is 1.71. The van der Waals surface area contributed by atoms with Gasteiger partial charge in [-0.2, -0.15) is 5.10 Å². The number of aromatic nitrogens is 2. The predicted molar refractivity (Wildman–Crippen MR) is 106 cm³/mol. The summed E-state index contributed by atoms with van der Waals surface area (Å²) in [6.45, 7) is 1.60. The van der Waals surface area contributed by atoms with E-state index in [0.29, 0.717) is 11.3 Å². The van der Waals surface area contributed by atoms with Crippen molar-refractivity contribution >= 4 is 40.2 Å². The summed E-state index contributed by atoms with van der Waals surface area (Å²) in [6, 6.07) is 16.1. The number of carbonyl (C=O) groups is 2. The lowest BCUT2D eigenvalue weighted by atomic mass is 10.2. The molecule has 0 atom stereocenters. The van der Waals surface area contributed by atoms with Crippen LogP contribution < -0.4 is 5.32 Å². The Morgan fingerprint density at radius 3 is 2.58 bits per heavy atom. The average molecular weight is 461 g/mol. The molecule has 0 saturated heterocycles. The van der Waals surface area contributed by atoms with E-state index in [0.717, 1.165) is 15.0 Å². The van der Waals surface area contributed by atoms with Crippen molar-refractivity contribution in [3.8, 4) is 5.69 Å². The van der Waals surface area contributed by atoms with Crippen LogP contribution in [0.15, 0.2) is 60.8 Å². The number of hydrogen-bond donors (Lipinski definition) is 1. The average Bonchev–Trinajstić information content (AvgIpc) is 3.06. The summed E-state index contributed by atoms with van der Waals surface area (Å²) in [5, 5.41) is 6.90. The molecule has 0 aliphatic rings. The second kappa shape index (κ2) is 8.13. The zero-order valence-corrected chi connectivity index (χ0v) is 16.1. The maximum Gasteiger partial charge on any atom is 0.338 e. The molecule has 1 heterocycles. The van der Waals surface area contributed by atoms with Crippen LogP contribution >= 0.6 is 22.6 Å². The number of amides is 1. The maximum atomic E-state index is 12.1. The Kier molecular flexibility index (Phi) is 5.67. The summed E-state index contributed by atoms with van der Waals surface area (Å²) < 4.78 is 7.84. The lowest BCUT2D eigenvalue weighted by Crippen LogP contribution is -2.21. The van der Waals surface area contributed by atoms with Gasteiger partial charge in [0.1, 0.15) is 0 Å². The number of carbonyl (C=O) groups excluding carboxylic acids is 2. The Hall–Kier alpha value is -2.68. The predicted octanol–water partition coefficient (Wildman–Crippen LogP) is 3.58. The fourth-order valence-electron chi connectivity index (χ4n) is 2.36. The van der Waals surface area contributed by atoms with Crippen LogP contribution in [0.2, 0.25) is 0 Å². The van der Waals surface area contributed by atoms with E-state index in [9.17, 15) is 9.59 Å². The molecule has 26 heavy (non-hydrogen) atoms. The number of nitrogens with zero attached hydrogens (tertiary/aromatic N) is 2. The first-order valence-electron chi connectivity index (χ1n) is 7.86. The van der Waals surface area contributed by atoms with E-state index in [1.54, 1.807) is 41.2 Å². The van der Waals surface area contributed by atoms with Crippen molar-refractivity contribution < 1.29 is 14.3 Å². The molecule has 0 spiro atoms. The van der Waals surface area contributed by atoms with Crippen LogP contribution in [-0.4, -0.2) is 28.3 Å². The van der Waals surface area contributed by atoms with Crippen LogP contribution in [0.4, 0.5) is 5.69 Å². The SMILES string of the molecule is Cc1ccnn1-c1ccc(C(=O)OCC(=O)Nc2cccc(I)c2)cc1. The van der Waals surface area contributed by atoms with Gasteiger partial charge in [-0.15, -0.1) is 0 Å². The minimum absolute atomic E-state index is 0.343. The highest BCUT2D eigenvalue weighted by molar-refractivity contribution is 14.1. The highest BCUT2D eigenvalue weighted by Crippen LogP contribution is 2.13. The zero-order valence-electron chi connectivity index (χ0n) is 14.0. The number of benzene rings is 2. The molecule has 1 N–H and O–H groups in total. The Labute approximate surface area is 164 Å². The van der Waals surface area contributed by atoms with E-state index < -0.39 is 5.97 Å². The summed E-state index contributed by atoms with van der Waals surface area (Å²) in [5.74, 6) is -0.935. The minimum Gasteiger partial charge on any atom is -0.452 e. The molecule has 132 valence electrons. The lowest BCUT2D eigenvalue weighted by Gasteiger charge is -2.08. The van der Waals surface area contributed by atoms with E-state index >= 15 is 0 Å². The molecule has 3 rings (SSSR count). The third-order valence-electron chi connectivity index (χ3n) is 3.62. The van der Waals surface area contributed by atoms with Crippen molar-refractivity contribution in [1.29, 1.82) is 0 Å². The van der Waals surface area contributed by atoms with E-state index in [1.165, 1.54) is 0 Å². The molecule has 7 heteroatoms. The normalized spacial score (nSPS) is 10.4. The standard InChI is InChI=1S/C19H16IN3O3/c1-13-9-10-21-23(13)17-7-5-14(6-8-17)19(25)26-12-18(24)22-16-4-2-3-15(20)11-16/h2-11H,12H2,1H3,(H,22,24). The number of hydrogen-bond acceptors (Lipinski definition) is 4. The molecule has 0 unspecified atom stereocenters. The number of rotatable bonds is 5. The first-order valence-corrected chi connectivity index (χ1v) is 8.94. The van der Waals surface area contributed by atoms with Crippen LogP contribution in [0, 0.1) is 10.5 Å². The number of aryl methyl sites for hydroxylation is 1. The second-order valence-electron chi connectivity index (χ2n) is 5.57. The third kappa shape index (κ3) is 4.48. The minimum atomic E-state index is -0.550. The highest BCUT2D eigenvalue weighted by atomic mass is 127. The maximum absolute atomic E-state index is 12.1. The molecule has 0 aliphatic heterocycles. The van der Waals surface area contributed by atoms with E-state index in [1.807, 2.05) is 31.2 Å². The van der Waals surface area contributed by atoms with Crippen LogP contribution in [0.1, 0.15) is 16.1 Å². The molecule has 0 saturated carbocycles. The molecule has 0 bridgehead atoms. The first kappa shape index (κ1) is 18.1. The van der Waals surface area contributed by atoms with Crippen molar-refractivity contribution in [2.24, 2.45) is 0 Å². The monoisotopic (exact) mass is 461 g/mol. The summed E-state index contributed by atoms with van der Waals surface area (Å²) in [5.41, 5.74) is 2.88. The molecule has 0 radical (unpaired) electrons. The summed E-state index contributed by atoms with van der Waals surface area (Å²) in [7, 11) is 0. The van der Waals surface area contributed by atoms with Gasteiger partial charge in [-0.25, -0.2) is 9.48 Å². The van der Waals surface area contributed by atoms with Crippen molar-refractivity contribution in [2.45, 2.75) is 6.92 Å². The molecule has 0 fully saturated rings. The number of esters is 1. The Bertz CT molecular complexity index is 935. The Morgan fingerprint density at radius 1 is 1.15 bits per heavy atom. The van der Waals surface area contributed by atoms with Crippen molar-refractivity contribution in [1.82, 2.24) is 9.78 Å². The molecule has 3 aromatic rings. The van der Waals surface area contributed by atoms with Gasteiger partial charge < -0.3 is 10.1 Å². The smallest absolute Gasteiger partial charge is 0.338 e. The van der Waals surface area contributed by atoms with Crippen molar-refractivity contribution in [3.63, 3.8) is 0 Å². The van der Waals surface area contributed by atoms with Crippen molar-refractivity contribution in [2.75, 3.05) is 11.9 Å². The third-order valence-corrected chi connectivity index (χ3v) is 4.29. The van der Waals surface area contributed by atoms with Gasteiger partial charge >= 0.3 is 5.97 Å². The van der Waals surface area contributed by atoms with Gasteiger partial charge in [0.05, 0.1) is 11.3 Å². The summed E-state index contributed by atoms with van der Waals surface area (Å²) in [4.78, 5) is 24.0. The number of anilines is 1. The molecule has 1 amide bonds. The van der Waals surface area contributed by atoms with Crippen LogP contribution in [0.3, 0.4) is 0 Å². The van der Waals surface area contributed by atoms with Gasteiger partial charge in [-0.3, -0.25) is 4.79 Å². The van der Waals surface area contributed by atoms with Gasteiger partial charge in [0.15, 0.2) is 6.61 Å². The van der Waals surface area contributed by atoms with E-state index in [4.69, 9.17) is 4.74 Å². The highest BCUT2D eigenvalue weighted by Gasteiger charge is 2.11. The van der Waals surface area contributed by atoms with Crippen LogP contribution in [0.5, 0.6) is 0 Å². The van der Waals surface area contributed by atoms with Gasteiger partial charge in [0.25, 0.3) is 5.91 Å². The van der Waals surface area contributed by atoms with Crippen LogP contribution in [0.25, 0.3) is 5.69 Å². The van der Waals surface area contributed by atoms with Gasteiger partial charge in [-0.05, 0) is 78.0 Å². The number of nitrogens with one attached hydrogen (secondary N) is 1. The lowest BCUT2D eigenvalue weighted by molar-refractivity contribution is -0.119. The van der Waals surface area contributed by atoms with Gasteiger partial charge in [0, 0.05) is 21.1 Å². The topological polar surface area (TPSA) is 73.2 Å². The van der Waals surface area contributed by atoms with Gasteiger partial charge in [0.2, 0.25) is 0 Å². The molecule has 0 aliphatic carbocycles. The molecule has 1 aromatic heterocycles. The fourth-order valence-corrected chi connectivity index (χ4v) is 2.90. The van der Waals surface area contributed by atoms with Gasteiger partial charge in [-0.1, -0.05) is 6.07 Å². The van der Waals surface area contributed by atoms with Crippen molar-refractivity contribution in [3.05, 3.63) is 75.6 Å². The fraction of sp³-hybridized carbons (Fsp3) is 0.105. The quantitative estimate of drug-likeness (QED) is 0.466. The first-order chi connectivity index (χ1) is 12.5. The molecule has 2 aromatic carbocycles. The van der Waals surface area contributed by atoms with E-state index in [-0.39, 0.29) is 12.5 Å². The Morgan fingerprint density at radius 2 is 1.92 bits per heavy atom. The second-order valence-corrected chi connectivity index (χ2v) is 6.81. The molecular formula is C19H16IN3O3. The molecule has 6 nitrogen and oxygen atoms in total. The number of ether oxygens (including phenoxy) is 1. The Balaban J connectivity index is 1.56.